The molecule has 22 heteroatoms. The number of ether oxygens (including phenoxy) is 4. The van der Waals surface area contributed by atoms with Gasteiger partial charge in [-0.25, -0.2) is 0 Å². The number of aromatic nitrogens is 2. The summed E-state index contributed by atoms with van der Waals surface area (Å²) in [7, 11) is 0. The lowest BCUT2D eigenvalue weighted by atomic mass is 9.92. The summed E-state index contributed by atoms with van der Waals surface area (Å²) in [6.07, 6.45) is -7.45. The third kappa shape index (κ3) is 16.3. The van der Waals surface area contributed by atoms with Gasteiger partial charge in [-0.15, -0.1) is 0 Å². The smallest absolute Gasteiger partial charge is 0.142 e. The van der Waals surface area contributed by atoms with Gasteiger partial charge in [0.25, 0.3) is 0 Å². The Kier molecular flexibility index (Phi) is 22.9. The minimum absolute atomic E-state index is 0.0218. The van der Waals surface area contributed by atoms with Crippen LogP contribution in [0.25, 0.3) is 11.1 Å². The second-order valence-electron chi connectivity index (χ2n) is 18.4. The van der Waals surface area contributed by atoms with E-state index < -0.39 is 62.0 Å². The molecule has 2 heterocycles. The molecule has 8 atom stereocenters. The Morgan fingerprint density at radius 2 is 0.859 bits per heavy atom. The van der Waals surface area contributed by atoms with Crippen LogP contribution in [0.2, 0.25) is 10.0 Å². The summed E-state index contributed by atoms with van der Waals surface area (Å²) >= 11 is 13.6. The summed E-state index contributed by atoms with van der Waals surface area (Å²) in [5.41, 5.74) is 8.44. The molecule has 0 aliphatic heterocycles. The van der Waals surface area contributed by atoms with Gasteiger partial charge in [0, 0.05) is 85.4 Å². The molecule has 78 heavy (non-hydrogen) atoms. The zero-order valence-electron chi connectivity index (χ0n) is 42.6. The number of hydrogen-bond donors (Lipinski definition) is 12. The Bertz CT molecular complexity index is 2830. The molecule has 0 unspecified atom stereocenters. The molecule has 4 aromatic carbocycles. The number of nitrogens with one attached hydrogen (secondary N) is 2. The number of aliphatic hydroxyl groups excluding tert-OH is 10. The molecule has 0 fully saturated rings. The quantitative estimate of drug-likeness (QED) is 0.0321. The molecule has 0 saturated carbocycles. The molecule has 0 aliphatic carbocycles. The van der Waals surface area contributed by atoms with Crippen LogP contribution in [0.4, 0.5) is 0 Å². The molecular weight excluding hydrogens is 1050 g/mol. The molecule has 414 valence electrons. The van der Waals surface area contributed by atoms with E-state index in [2.05, 4.69) is 32.7 Å². The predicted molar refractivity (Wildman–Crippen MR) is 285 cm³/mol. The normalized spacial score (nSPS) is 14.5. The van der Waals surface area contributed by atoms with Gasteiger partial charge in [-0.1, -0.05) is 59.6 Å². The van der Waals surface area contributed by atoms with Gasteiger partial charge in [0.2, 0.25) is 0 Å². The van der Waals surface area contributed by atoms with E-state index in [1.807, 2.05) is 50.2 Å². The summed E-state index contributed by atoms with van der Waals surface area (Å²) in [5, 5.41) is 125. The Morgan fingerprint density at radius 3 is 1.23 bits per heavy atom. The number of benzene rings is 4. The lowest BCUT2D eigenvalue weighted by Gasteiger charge is -2.26. The minimum Gasteiger partial charge on any atom is -0.488 e. The lowest BCUT2D eigenvalue weighted by molar-refractivity contribution is -0.114. The first-order chi connectivity index (χ1) is 37.5. The third-order valence-corrected chi connectivity index (χ3v) is 13.4. The molecule has 0 radical (unpaired) electrons. The maximum absolute atomic E-state index is 10.5. The predicted octanol–water partition coefficient (Wildman–Crippen LogP) is 3.18. The van der Waals surface area contributed by atoms with Crippen LogP contribution in [-0.2, 0) is 39.5 Å². The van der Waals surface area contributed by atoms with Gasteiger partial charge in [0.15, 0.2) is 0 Å². The van der Waals surface area contributed by atoms with Crippen molar-refractivity contribution < 1.29 is 70.0 Å². The highest BCUT2D eigenvalue weighted by Gasteiger charge is 2.31. The van der Waals surface area contributed by atoms with Crippen molar-refractivity contribution in [2.75, 3.05) is 26.3 Å². The number of aliphatic hydroxyl groups is 10. The number of nitrogens with zero attached hydrogens (tertiary/aromatic N) is 4. The average molecular weight is 1110 g/mol. The molecule has 0 aliphatic rings. The van der Waals surface area contributed by atoms with Crippen molar-refractivity contribution in [3.05, 3.63) is 163 Å². The van der Waals surface area contributed by atoms with Crippen molar-refractivity contribution >= 4 is 23.2 Å². The van der Waals surface area contributed by atoms with Crippen molar-refractivity contribution in [2.24, 2.45) is 0 Å². The zero-order valence-corrected chi connectivity index (χ0v) is 44.1. The van der Waals surface area contributed by atoms with Gasteiger partial charge in [0.05, 0.1) is 46.6 Å². The summed E-state index contributed by atoms with van der Waals surface area (Å²) in [6.45, 7) is 2.30. The van der Waals surface area contributed by atoms with Gasteiger partial charge in [-0.3, -0.25) is 9.97 Å². The average Bonchev–Trinajstić information content (AvgIpc) is 3.46. The summed E-state index contributed by atoms with van der Waals surface area (Å²) in [4.78, 5) is 8.21. The van der Waals surface area contributed by atoms with Crippen molar-refractivity contribution in [2.45, 2.75) is 102 Å². The van der Waals surface area contributed by atoms with Crippen LogP contribution in [0.1, 0.15) is 55.6 Å². The van der Waals surface area contributed by atoms with Gasteiger partial charge in [-0.05, 0) is 71.5 Å². The van der Waals surface area contributed by atoms with E-state index >= 15 is 0 Å². The molecule has 0 amide bonds. The molecule has 6 rings (SSSR count). The Hall–Kier alpha value is -6.54. The van der Waals surface area contributed by atoms with Crippen LogP contribution in [0.5, 0.6) is 23.0 Å². The first kappa shape index (κ1) is 60.7. The van der Waals surface area contributed by atoms with Gasteiger partial charge < -0.3 is 80.6 Å². The highest BCUT2D eigenvalue weighted by molar-refractivity contribution is 6.32. The molecule has 0 spiro atoms. The van der Waals surface area contributed by atoms with Crippen LogP contribution in [0.15, 0.2) is 97.6 Å². The molecule has 0 saturated heterocycles. The van der Waals surface area contributed by atoms with Gasteiger partial charge in [-0.2, -0.15) is 10.5 Å². The van der Waals surface area contributed by atoms with Crippen molar-refractivity contribution in [1.29, 1.82) is 10.5 Å². The second-order valence-corrected chi connectivity index (χ2v) is 19.2. The van der Waals surface area contributed by atoms with Crippen LogP contribution in [0.3, 0.4) is 0 Å². The van der Waals surface area contributed by atoms with Crippen LogP contribution in [0, 0.1) is 36.5 Å². The van der Waals surface area contributed by atoms with E-state index in [0.29, 0.717) is 56.4 Å². The monoisotopic (exact) mass is 1110 g/mol. The molecule has 0 bridgehead atoms. The molecular formula is C56H62Cl2N6O14. The van der Waals surface area contributed by atoms with Crippen molar-refractivity contribution in [3.63, 3.8) is 0 Å². The number of hydrogen-bond acceptors (Lipinski definition) is 20. The van der Waals surface area contributed by atoms with E-state index in [1.165, 1.54) is 12.4 Å². The summed E-state index contributed by atoms with van der Waals surface area (Å²) in [6, 6.07) is 25.6. The number of pyridine rings is 2. The van der Waals surface area contributed by atoms with Crippen molar-refractivity contribution in [1.82, 2.24) is 20.6 Å². The maximum atomic E-state index is 10.5. The molecule has 6 aromatic rings. The van der Waals surface area contributed by atoms with E-state index in [-0.39, 0.29) is 62.7 Å². The molecule has 20 nitrogen and oxygen atoms in total. The lowest BCUT2D eigenvalue weighted by Crippen LogP contribution is -2.48. The SMILES string of the molecule is Cc1c(COc2cc(OCc3cncc(C#N)c3)c(CNC[C@H](O)[C@@H](O)[C@H](O)[C@H](O)CO)cc2Cl)cccc1-c1cccc(COc2cc(OCc3cncc(C#N)c3)c(CNC[C@H](O)[C@@H](O)[C@H](O)[C@H](O)CO)cc2Cl)c1C. The van der Waals surface area contributed by atoms with E-state index in [1.54, 1.807) is 48.8 Å². The minimum atomic E-state index is -1.79. The summed E-state index contributed by atoms with van der Waals surface area (Å²) < 4.78 is 25.1. The highest BCUT2D eigenvalue weighted by atomic mass is 35.5. The topological polar surface area (TPSA) is 337 Å². The van der Waals surface area contributed by atoms with Crippen LogP contribution < -0.4 is 29.6 Å². The zero-order chi connectivity index (χ0) is 56.5. The fourth-order valence-electron chi connectivity index (χ4n) is 8.15. The third-order valence-electron chi connectivity index (χ3n) is 12.8. The maximum Gasteiger partial charge on any atom is 0.142 e. The Morgan fingerprint density at radius 1 is 0.487 bits per heavy atom. The van der Waals surface area contributed by atoms with Crippen LogP contribution >= 0.6 is 23.2 Å². The Balaban J connectivity index is 1.18. The van der Waals surface area contributed by atoms with Crippen LogP contribution in [-0.4, -0.2) is 136 Å². The highest BCUT2D eigenvalue weighted by Crippen LogP contribution is 2.37. The fraction of sp³-hybridized carbons (Fsp3) is 0.357. The second kappa shape index (κ2) is 29.4. The number of nitriles is 2. The number of rotatable bonds is 29. The van der Waals surface area contributed by atoms with E-state index in [4.69, 9.17) is 52.4 Å². The first-order valence-electron chi connectivity index (χ1n) is 24.6. The molecule has 2 aromatic heterocycles. The van der Waals surface area contributed by atoms with Crippen molar-refractivity contribution in [3.8, 4) is 46.3 Å². The molecule has 12 N–H and O–H groups in total. The largest absolute Gasteiger partial charge is 0.488 e. The first-order valence-corrected chi connectivity index (χ1v) is 25.3. The fourth-order valence-corrected chi connectivity index (χ4v) is 8.63. The van der Waals surface area contributed by atoms with E-state index in [0.717, 1.165) is 33.4 Å². The number of halogens is 2. The van der Waals surface area contributed by atoms with Gasteiger partial charge in [0.1, 0.15) is 98.2 Å². The standard InChI is InChI=1S/C56H62Cl2N6O14/c1-31-37(29-77-51-13-49(75-27-35-9-33(15-59)17-61-19-35)39(11-43(51)57)21-63-23-45(67)53(71)55(73)47(69)25-65)5-3-7-41(31)42-8-4-6-38(32(42)2)30-78-52-14-50(76-28-36-10-34(16-60)18-62-20-36)40(12-44(52)58)22-64-24-46(68)54(72)56(74)48(70)26-66/h3-14,17-20,45-48,53-56,63-74H,21-30H2,1-2H3/t45-,46-,47+,48+,53+,54+,55+,56+/m0/s1. The Labute approximate surface area is 460 Å². The summed E-state index contributed by atoms with van der Waals surface area (Å²) in [5.74, 6) is 1.28. The van der Waals surface area contributed by atoms with Gasteiger partial charge >= 0.3 is 0 Å². The van der Waals surface area contributed by atoms with E-state index in [9.17, 15) is 51.4 Å².